The van der Waals surface area contributed by atoms with Crippen LogP contribution >= 0.6 is 0 Å². The van der Waals surface area contributed by atoms with Crippen LogP contribution in [0.3, 0.4) is 0 Å². The van der Waals surface area contributed by atoms with Crippen LogP contribution in [-0.2, 0) is 9.68 Å². The standard InChI is InChI=1S/C20H26O4/c1-3-19(22)10-8-16-15-5-4-13-12-14(21)6-11-20(13,24-23)17(15)7-9-18(16,19)2/h1,12,15-17,22-23H,4-11H2,2H3/t15-,16+,17-,18-,19-,20+/m0/s1. The second-order valence-corrected chi connectivity index (χ2v) is 8.53. The first-order valence-corrected chi connectivity index (χ1v) is 9.17. The fourth-order valence-electron chi connectivity index (χ4n) is 6.58. The Morgan fingerprint density at radius 3 is 2.67 bits per heavy atom. The highest BCUT2D eigenvalue weighted by atomic mass is 17.1. The van der Waals surface area contributed by atoms with E-state index < -0.39 is 11.2 Å². The van der Waals surface area contributed by atoms with Crippen molar-refractivity contribution in [3.05, 3.63) is 11.6 Å². The summed E-state index contributed by atoms with van der Waals surface area (Å²) in [7, 11) is 0. The smallest absolute Gasteiger partial charge is 0.155 e. The maximum absolute atomic E-state index is 11.8. The highest BCUT2D eigenvalue weighted by Gasteiger charge is 2.65. The minimum atomic E-state index is -1.02. The lowest BCUT2D eigenvalue weighted by Crippen LogP contribution is -2.58. The number of hydrogen-bond acceptors (Lipinski definition) is 4. The van der Waals surface area contributed by atoms with Crippen LogP contribution in [0.1, 0.15) is 58.3 Å². The maximum Gasteiger partial charge on any atom is 0.155 e. The van der Waals surface area contributed by atoms with Crippen LogP contribution in [0.25, 0.3) is 0 Å². The lowest BCUT2D eigenvalue weighted by atomic mass is 9.49. The number of ketones is 1. The zero-order chi connectivity index (χ0) is 17.2. The molecule has 4 aliphatic carbocycles. The molecule has 0 aromatic heterocycles. The number of carbonyl (C=O) groups excluding carboxylic acids is 1. The average Bonchev–Trinajstić information content (AvgIpc) is 2.86. The number of carbonyl (C=O) groups is 1. The maximum atomic E-state index is 11.8. The molecule has 0 amide bonds. The third kappa shape index (κ3) is 1.84. The lowest BCUT2D eigenvalue weighted by Gasteiger charge is -2.57. The molecule has 130 valence electrons. The molecular formula is C20H26O4. The van der Waals surface area contributed by atoms with Gasteiger partial charge in [0, 0.05) is 11.8 Å². The van der Waals surface area contributed by atoms with E-state index in [0.717, 1.165) is 37.7 Å². The van der Waals surface area contributed by atoms with Crippen molar-refractivity contribution in [3.63, 3.8) is 0 Å². The molecule has 0 bridgehead atoms. The Balaban J connectivity index is 1.72. The Labute approximate surface area is 143 Å². The van der Waals surface area contributed by atoms with Crippen LogP contribution in [0.2, 0.25) is 0 Å². The SMILES string of the molecule is C#C[C@]1(O)CC[C@@H]2[C@@H]3CCC4=CC(=O)CC[C@]4(OO)[C@H]3CC[C@@]21C. The van der Waals surface area contributed by atoms with Crippen molar-refractivity contribution in [1.29, 1.82) is 0 Å². The zero-order valence-electron chi connectivity index (χ0n) is 14.3. The van der Waals surface area contributed by atoms with Crippen LogP contribution in [0, 0.1) is 35.5 Å². The second-order valence-electron chi connectivity index (χ2n) is 8.53. The van der Waals surface area contributed by atoms with Gasteiger partial charge in [0.25, 0.3) is 0 Å². The minimum absolute atomic E-state index is 0.138. The van der Waals surface area contributed by atoms with Crippen molar-refractivity contribution < 1.29 is 20.0 Å². The highest BCUT2D eigenvalue weighted by Crippen LogP contribution is 2.65. The molecule has 24 heavy (non-hydrogen) atoms. The van der Waals surface area contributed by atoms with Gasteiger partial charge >= 0.3 is 0 Å². The monoisotopic (exact) mass is 330 g/mol. The first-order chi connectivity index (χ1) is 11.4. The molecule has 4 rings (SSSR count). The molecule has 3 saturated carbocycles. The quantitative estimate of drug-likeness (QED) is 0.440. The third-order valence-electron chi connectivity index (χ3n) is 7.96. The van der Waals surface area contributed by atoms with Crippen LogP contribution in [0.4, 0.5) is 0 Å². The fraction of sp³-hybridized carbons (Fsp3) is 0.750. The lowest BCUT2D eigenvalue weighted by molar-refractivity contribution is -0.342. The van der Waals surface area contributed by atoms with Gasteiger partial charge in [-0.05, 0) is 74.3 Å². The van der Waals surface area contributed by atoms with Gasteiger partial charge in [0.2, 0.25) is 0 Å². The Morgan fingerprint density at radius 2 is 1.96 bits per heavy atom. The summed E-state index contributed by atoms with van der Waals surface area (Å²) >= 11 is 0. The number of rotatable bonds is 1. The van der Waals surface area contributed by atoms with E-state index in [4.69, 9.17) is 11.3 Å². The Kier molecular flexibility index (Phi) is 3.52. The van der Waals surface area contributed by atoms with E-state index in [1.807, 2.05) is 0 Å². The van der Waals surface area contributed by atoms with Gasteiger partial charge in [0.1, 0.15) is 11.2 Å². The van der Waals surface area contributed by atoms with Crippen molar-refractivity contribution in [1.82, 2.24) is 0 Å². The summed E-state index contributed by atoms with van der Waals surface area (Å²) in [6, 6.07) is 0. The second kappa shape index (κ2) is 5.17. The molecule has 0 saturated heterocycles. The van der Waals surface area contributed by atoms with E-state index in [1.165, 1.54) is 0 Å². The normalized spacial score (nSPS) is 50.3. The van der Waals surface area contributed by atoms with E-state index in [-0.39, 0.29) is 17.1 Å². The van der Waals surface area contributed by atoms with Gasteiger partial charge < -0.3 is 5.11 Å². The number of terminal acetylenes is 1. The van der Waals surface area contributed by atoms with Crippen molar-refractivity contribution in [2.24, 2.45) is 23.2 Å². The van der Waals surface area contributed by atoms with Gasteiger partial charge in [0.05, 0.1) is 0 Å². The molecular weight excluding hydrogens is 304 g/mol. The molecule has 0 aliphatic heterocycles. The van der Waals surface area contributed by atoms with Crippen molar-refractivity contribution in [3.8, 4) is 12.3 Å². The van der Waals surface area contributed by atoms with Gasteiger partial charge in [-0.15, -0.1) is 6.42 Å². The molecule has 4 heteroatoms. The van der Waals surface area contributed by atoms with Crippen molar-refractivity contribution in [2.45, 2.75) is 69.5 Å². The number of aliphatic hydroxyl groups is 1. The molecule has 3 fully saturated rings. The van der Waals surface area contributed by atoms with Gasteiger partial charge in [-0.25, -0.2) is 4.89 Å². The van der Waals surface area contributed by atoms with E-state index in [2.05, 4.69) is 12.8 Å². The predicted molar refractivity (Wildman–Crippen MR) is 88.8 cm³/mol. The zero-order valence-corrected chi connectivity index (χ0v) is 14.3. The van der Waals surface area contributed by atoms with Gasteiger partial charge in [-0.1, -0.05) is 12.8 Å². The summed E-state index contributed by atoms with van der Waals surface area (Å²) in [6.45, 7) is 2.14. The van der Waals surface area contributed by atoms with Crippen LogP contribution in [0.5, 0.6) is 0 Å². The predicted octanol–water partition coefficient (Wildman–Crippen LogP) is 3.10. The van der Waals surface area contributed by atoms with Crippen molar-refractivity contribution >= 4 is 5.78 Å². The summed E-state index contributed by atoms with van der Waals surface area (Å²) in [5, 5.41) is 20.8. The van der Waals surface area contributed by atoms with Crippen molar-refractivity contribution in [2.75, 3.05) is 0 Å². The molecule has 0 aromatic carbocycles. The summed E-state index contributed by atoms with van der Waals surface area (Å²) in [6.07, 6.45) is 13.5. The Hall–Kier alpha value is -1.15. The topological polar surface area (TPSA) is 66.8 Å². The molecule has 0 aromatic rings. The number of hydrogen-bond donors (Lipinski definition) is 2. The van der Waals surface area contributed by atoms with Crippen LogP contribution < -0.4 is 0 Å². The van der Waals surface area contributed by atoms with Crippen LogP contribution in [-0.4, -0.2) is 27.3 Å². The fourth-order valence-corrected chi connectivity index (χ4v) is 6.58. The van der Waals surface area contributed by atoms with E-state index in [1.54, 1.807) is 6.08 Å². The van der Waals surface area contributed by atoms with E-state index in [0.29, 0.717) is 31.1 Å². The first-order valence-electron chi connectivity index (χ1n) is 9.17. The first kappa shape index (κ1) is 16.3. The summed E-state index contributed by atoms with van der Waals surface area (Å²) in [5.74, 6) is 3.75. The molecule has 0 radical (unpaired) electrons. The Morgan fingerprint density at radius 1 is 1.21 bits per heavy atom. The molecule has 2 N–H and O–H groups in total. The number of fused-ring (bicyclic) bond motifs is 5. The van der Waals surface area contributed by atoms with Crippen LogP contribution in [0.15, 0.2) is 11.6 Å². The summed E-state index contributed by atoms with van der Waals surface area (Å²) in [4.78, 5) is 17.0. The average molecular weight is 330 g/mol. The van der Waals surface area contributed by atoms with Gasteiger partial charge in [-0.2, -0.15) is 0 Å². The molecule has 0 unspecified atom stereocenters. The van der Waals surface area contributed by atoms with E-state index >= 15 is 0 Å². The molecule has 4 aliphatic rings. The van der Waals surface area contributed by atoms with Gasteiger partial charge in [-0.3, -0.25) is 10.1 Å². The summed E-state index contributed by atoms with van der Waals surface area (Å²) < 4.78 is 0. The Bertz CT molecular complexity index is 647. The highest BCUT2D eigenvalue weighted by molar-refractivity contribution is 5.92. The molecule has 0 spiro atoms. The minimum Gasteiger partial charge on any atom is -0.377 e. The molecule has 6 atom stereocenters. The third-order valence-corrected chi connectivity index (χ3v) is 7.96. The van der Waals surface area contributed by atoms with E-state index in [9.17, 15) is 15.2 Å². The molecule has 4 nitrogen and oxygen atoms in total. The molecule has 0 heterocycles. The summed E-state index contributed by atoms with van der Waals surface area (Å²) in [5.41, 5.74) is -1.01. The largest absolute Gasteiger partial charge is 0.377 e. The van der Waals surface area contributed by atoms with Gasteiger partial charge in [0.15, 0.2) is 5.78 Å².